The molecule has 4 heterocycles. The van der Waals surface area contributed by atoms with E-state index in [0.29, 0.717) is 32.5 Å². The standard InChI is InChI=1S/C26H32F3N7O6/c1-3-41-26(39)34-6-4-14(5-7-34)18-10-35(32-30-18)12-20-25(40-2)23(24(38)21(13-37)42-20)36-11-19(31-33-36)15-8-16(27)22(29)17(28)9-15/h8-11,14,20-21,23-25,37-38H,3-7,12-13H2,1-2H3/t20-,21-,23+,24+,25+/m1/s1. The van der Waals surface area contributed by atoms with Crippen LogP contribution in [0.4, 0.5) is 18.0 Å². The van der Waals surface area contributed by atoms with Crippen LogP contribution in [0, 0.1) is 17.5 Å². The lowest BCUT2D eigenvalue weighted by molar-refractivity contribution is -0.216. The molecule has 3 aromatic rings. The Balaban J connectivity index is 1.32. The van der Waals surface area contributed by atoms with Gasteiger partial charge >= 0.3 is 6.09 Å². The fourth-order valence-electron chi connectivity index (χ4n) is 5.52. The van der Waals surface area contributed by atoms with Gasteiger partial charge in [0.1, 0.15) is 36.2 Å². The third-order valence-electron chi connectivity index (χ3n) is 7.69. The third kappa shape index (κ3) is 5.97. The Morgan fingerprint density at radius 1 is 1.10 bits per heavy atom. The molecule has 2 N–H and O–H groups in total. The molecule has 0 unspecified atom stereocenters. The maximum Gasteiger partial charge on any atom is 0.409 e. The van der Waals surface area contributed by atoms with Gasteiger partial charge < -0.3 is 29.3 Å². The predicted octanol–water partition coefficient (Wildman–Crippen LogP) is 1.67. The molecule has 42 heavy (non-hydrogen) atoms. The minimum atomic E-state index is -1.60. The van der Waals surface area contributed by atoms with Crippen LogP contribution in [0.15, 0.2) is 24.5 Å². The summed E-state index contributed by atoms with van der Waals surface area (Å²) < 4.78 is 60.7. The number of likely N-dealkylation sites (tertiary alicyclic amines) is 1. The minimum Gasteiger partial charge on any atom is -0.450 e. The van der Waals surface area contributed by atoms with E-state index in [9.17, 15) is 28.2 Å². The van der Waals surface area contributed by atoms with E-state index in [1.165, 1.54) is 18.0 Å². The number of aliphatic hydroxyl groups excluding tert-OH is 2. The molecule has 2 aromatic heterocycles. The molecule has 228 valence electrons. The van der Waals surface area contributed by atoms with Gasteiger partial charge in [0.2, 0.25) is 0 Å². The van der Waals surface area contributed by atoms with E-state index < -0.39 is 54.5 Å². The molecule has 0 radical (unpaired) electrons. The van der Waals surface area contributed by atoms with Crippen LogP contribution in [0.3, 0.4) is 0 Å². The van der Waals surface area contributed by atoms with E-state index in [2.05, 4.69) is 20.6 Å². The number of methoxy groups -OCH3 is 1. The molecule has 0 aliphatic carbocycles. The molecule has 1 aromatic carbocycles. The highest BCUT2D eigenvalue weighted by Gasteiger charge is 2.47. The Hall–Kier alpha value is -3.60. The van der Waals surface area contributed by atoms with Crippen molar-refractivity contribution in [1.82, 2.24) is 34.9 Å². The van der Waals surface area contributed by atoms with Crippen molar-refractivity contribution in [3.63, 3.8) is 0 Å². The van der Waals surface area contributed by atoms with Crippen LogP contribution < -0.4 is 0 Å². The summed E-state index contributed by atoms with van der Waals surface area (Å²) in [6.07, 6.45) is 0.363. The van der Waals surface area contributed by atoms with E-state index in [4.69, 9.17) is 14.2 Å². The maximum absolute atomic E-state index is 13.8. The molecular weight excluding hydrogens is 563 g/mol. The SMILES string of the molecule is CCOC(=O)N1CCC(c2cn(C[C@H]3O[C@H](CO)[C@H](O)[C@H](n4cc(-c5cc(F)c(F)c(F)c5)nn4)[C@H]3OC)nn2)CC1. The molecule has 1 amide bonds. The molecule has 5 rings (SSSR count). The van der Waals surface area contributed by atoms with E-state index in [-0.39, 0.29) is 29.8 Å². The van der Waals surface area contributed by atoms with Crippen molar-refractivity contribution < 1.29 is 42.4 Å². The number of halogens is 3. The fourth-order valence-corrected chi connectivity index (χ4v) is 5.52. The first-order chi connectivity index (χ1) is 20.2. The van der Waals surface area contributed by atoms with E-state index >= 15 is 0 Å². The number of ether oxygens (including phenoxy) is 3. The first-order valence-electron chi connectivity index (χ1n) is 13.6. The average Bonchev–Trinajstić information content (AvgIpc) is 3.67. The molecule has 5 atom stereocenters. The number of nitrogens with zero attached hydrogens (tertiary/aromatic N) is 7. The lowest BCUT2D eigenvalue weighted by atomic mass is 9.92. The number of aromatic nitrogens is 6. The zero-order valence-electron chi connectivity index (χ0n) is 23.0. The number of amides is 1. The first kappa shape index (κ1) is 29.9. The monoisotopic (exact) mass is 595 g/mol. The molecule has 2 aliphatic rings. The number of piperidine rings is 1. The summed E-state index contributed by atoms with van der Waals surface area (Å²) in [5.41, 5.74) is 0.748. The second kappa shape index (κ2) is 12.7. The summed E-state index contributed by atoms with van der Waals surface area (Å²) in [7, 11) is 1.42. The lowest BCUT2D eigenvalue weighted by Crippen LogP contribution is -2.57. The van der Waals surface area contributed by atoms with Crippen molar-refractivity contribution in [1.29, 1.82) is 0 Å². The second-order valence-corrected chi connectivity index (χ2v) is 10.2. The Morgan fingerprint density at radius 3 is 2.45 bits per heavy atom. The molecular formula is C26H32F3N7O6. The summed E-state index contributed by atoms with van der Waals surface area (Å²) in [5.74, 6) is -4.25. The number of aliphatic hydroxyl groups is 2. The maximum atomic E-state index is 13.8. The summed E-state index contributed by atoms with van der Waals surface area (Å²) >= 11 is 0. The van der Waals surface area contributed by atoms with Crippen LogP contribution >= 0.6 is 0 Å². The van der Waals surface area contributed by atoms with Crippen LogP contribution in [0.1, 0.15) is 37.4 Å². The van der Waals surface area contributed by atoms with Gasteiger partial charge in [0.15, 0.2) is 17.5 Å². The van der Waals surface area contributed by atoms with Gasteiger partial charge in [-0.3, -0.25) is 0 Å². The molecule has 0 saturated carbocycles. The number of hydrogen-bond acceptors (Lipinski definition) is 10. The van der Waals surface area contributed by atoms with Gasteiger partial charge in [-0.15, -0.1) is 10.2 Å². The van der Waals surface area contributed by atoms with E-state index in [1.54, 1.807) is 22.7 Å². The zero-order valence-corrected chi connectivity index (χ0v) is 23.0. The Labute approximate surface area is 238 Å². The summed E-state index contributed by atoms with van der Waals surface area (Å²) in [5, 5.41) is 37.5. The summed E-state index contributed by atoms with van der Waals surface area (Å²) in [4.78, 5) is 13.7. The number of benzene rings is 1. The van der Waals surface area contributed by atoms with Crippen molar-refractivity contribution in [2.45, 2.75) is 62.7 Å². The van der Waals surface area contributed by atoms with E-state index in [1.807, 2.05) is 0 Å². The molecule has 2 aliphatic heterocycles. The molecule has 2 saturated heterocycles. The summed E-state index contributed by atoms with van der Waals surface area (Å²) in [6.45, 7) is 2.82. The van der Waals surface area contributed by atoms with Crippen LogP contribution in [0.2, 0.25) is 0 Å². The Bertz CT molecular complexity index is 1360. The van der Waals surface area contributed by atoms with Gasteiger partial charge in [-0.2, -0.15) is 0 Å². The van der Waals surface area contributed by atoms with Crippen LogP contribution in [-0.2, 0) is 20.8 Å². The molecule has 0 spiro atoms. The topological polar surface area (TPSA) is 150 Å². The van der Waals surface area contributed by atoms with Crippen molar-refractivity contribution in [3.05, 3.63) is 47.7 Å². The summed E-state index contributed by atoms with van der Waals surface area (Å²) in [6, 6.07) is 0.671. The van der Waals surface area contributed by atoms with Crippen LogP contribution in [0.25, 0.3) is 11.3 Å². The largest absolute Gasteiger partial charge is 0.450 e. The highest BCUT2D eigenvalue weighted by atomic mass is 19.2. The number of carbonyl (C=O) groups is 1. The van der Waals surface area contributed by atoms with E-state index in [0.717, 1.165) is 17.8 Å². The van der Waals surface area contributed by atoms with Gasteiger partial charge in [-0.25, -0.2) is 27.3 Å². The molecule has 2 fully saturated rings. The van der Waals surface area contributed by atoms with Gasteiger partial charge in [0.25, 0.3) is 0 Å². The fraction of sp³-hybridized carbons (Fsp3) is 0.577. The van der Waals surface area contributed by atoms with Gasteiger partial charge in [-0.05, 0) is 31.9 Å². The Morgan fingerprint density at radius 2 is 1.81 bits per heavy atom. The molecule has 16 heteroatoms. The normalized spacial score (nSPS) is 25.1. The number of rotatable bonds is 8. The van der Waals surface area contributed by atoms with Crippen LogP contribution in [-0.4, -0.2) is 109 Å². The zero-order chi connectivity index (χ0) is 30.0. The van der Waals surface area contributed by atoms with Crippen LogP contribution in [0.5, 0.6) is 0 Å². The second-order valence-electron chi connectivity index (χ2n) is 10.2. The predicted molar refractivity (Wildman–Crippen MR) is 138 cm³/mol. The molecule has 13 nitrogen and oxygen atoms in total. The van der Waals surface area contributed by atoms with Gasteiger partial charge in [0, 0.05) is 37.9 Å². The smallest absolute Gasteiger partial charge is 0.409 e. The lowest BCUT2D eigenvalue weighted by Gasteiger charge is -2.43. The van der Waals surface area contributed by atoms with Gasteiger partial charge in [-0.1, -0.05) is 10.4 Å². The van der Waals surface area contributed by atoms with Crippen molar-refractivity contribution in [2.75, 3.05) is 33.4 Å². The average molecular weight is 596 g/mol. The molecule has 0 bridgehead atoms. The Kier molecular flexibility index (Phi) is 9.05. The third-order valence-corrected chi connectivity index (χ3v) is 7.69. The number of hydrogen-bond donors (Lipinski definition) is 2. The highest BCUT2D eigenvalue weighted by molar-refractivity contribution is 5.67. The van der Waals surface area contributed by atoms with Crippen molar-refractivity contribution in [3.8, 4) is 11.3 Å². The quantitative estimate of drug-likeness (QED) is 0.368. The van der Waals surface area contributed by atoms with Crippen molar-refractivity contribution in [2.24, 2.45) is 0 Å². The minimum absolute atomic E-state index is 0.0355. The number of carbonyl (C=O) groups excluding carboxylic acids is 1. The van der Waals surface area contributed by atoms with Crippen molar-refractivity contribution >= 4 is 6.09 Å². The van der Waals surface area contributed by atoms with Gasteiger partial charge in [0.05, 0.1) is 31.6 Å². The highest BCUT2D eigenvalue weighted by Crippen LogP contribution is 2.34. The first-order valence-corrected chi connectivity index (χ1v) is 13.6.